The van der Waals surface area contributed by atoms with Crippen molar-refractivity contribution in [1.29, 1.82) is 0 Å². The summed E-state index contributed by atoms with van der Waals surface area (Å²) in [5, 5.41) is 0. The second kappa shape index (κ2) is 1.72. The second-order valence-corrected chi connectivity index (χ2v) is 3.74. The maximum atomic E-state index is 11.0. The lowest BCUT2D eigenvalue weighted by Gasteiger charge is -2.15. The number of cyclic esters (lactones) is 1. The molecule has 1 rings (SSSR count). The van der Waals surface area contributed by atoms with Crippen LogP contribution in [0.2, 0.25) is 0 Å². The van der Waals surface area contributed by atoms with Gasteiger partial charge in [-0.3, -0.25) is 4.79 Å². The predicted molar refractivity (Wildman–Crippen MR) is 37.4 cm³/mol. The average Bonchev–Trinajstić information content (AvgIpc) is 1.73. The third-order valence-corrected chi connectivity index (χ3v) is 1.63. The normalized spacial score (nSPS) is 37.8. The first kappa shape index (κ1) is 7.54. The molecule has 3 heteroatoms. The van der Waals surface area contributed by atoms with Crippen LogP contribution in [0.25, 0.3) is 0 Å². The summed E-state index contributed by atoms with van der Waals surface area (Å²) in [5.41, 5.74) is 4.47. The number of hydrogen-bond donors (Lipinski definition) is 1. The number of rotatable bonds is 0. The topological polar surface area (TPSA) is 52.3 Å². The van der Waals surface area contributed by atoms with E-state index in [2.05, 4.69) is 0 Å². The zero-order valence-electron chi connectivity index (χ0n) is 6.60. The molecule has 1 saturated heterocycles. The van der Waals surface area contributed by atoms with Crippen LogP contribution in [0.15, 0.2) is 0 Å². The lowest BCUT2D eigenvalue weighted by molar-refractivity contribution is -0.148. The van der Waals surface area contributed by atoms with E-state index in [-0.39, 0.29) is 11.6 Å². The van der Waals surface area contributed by atoms with Gasteiger partial charge in [-0.05, 0) is 20.8 Å². The van der Waals surface area contributed by atoms with Gasteiger partial charge in [-0.2, -0.15) is 0 Å². The molecule has 0 amide bonds. The number of nitrogens with two attached hydrogens (primary N) is 1. The van der Waals surface area contributed by atoms with E-state index < -0.39 is 5.54 Å². The van der Waals surface area contributed by atoms with Crippen molar-refractivity contribution in [3.05, 3.63) is 0 Å². The van der Waals surface area contributed by atoms with E-state index in [9.17, 15) is 4.79 Å². The molecule has 1 aliphatic rings. The zero-order valence-corrected chi connectivity index (χ0v) is 6.60. The van der Waals surface area contributed by atoms with Gasteiger partial charge in [0.15, 0.2) is 0 Å². The van der Waals surface area contributed by atoms with Crippen molar-refractivity contribution in [2.45, 2.75) is 38.3 Å². The highest BCUT2D eigenvalue weighted by Gasteiger charge is 2.46. The first-order valence-corrected chi connectivity index (χ1v) is 3.36. The molecule has 1 atom stereocenters. The van der Waals surface area contributed by atoms with Gasteiger partial charge >= 0.3 is 5.97 Å². The van der Waals surface area contributed by atoms with Crippen LogP contribution in [-0.2, 0) is 9.53 Å². The Labute approximate surface area is 60.5 Å². The quantitative estimate of drug-likeness (QED) is 0.500. The maximum absolute atomic E-state index is 11.0. The summed E-state index contributed by atoms with van der Waals surface area (Å²) in [6, 6.07) is 0. The largest absolute Gasteiger partial charge is 0.458 e. The Hall–Kier alpha value is -0.570. The van der Waals surface area contributed by atoms with Gasteiger partial charge in [-0.25, -0.2) is 0 Å². The van der Waals surface area contributed by atoms with Gasteiger partial charge in [0.05, 0.1) is 0 Å². The molecule has 0 aromatic heterocycles. The van der Waals surface area contributed by atoms with Crippen molar-refractivity contribution in [3.8, 4) is 0 Å². The molecule has 0 saturated carbocycles. The summed E-state index contributed by atoms with van der Waals surface area (Å²) in [7, 11) is 0. The number of ether oxygens (including phenoxy) is 1. The van der Waals surface area contributed by atoms with Gasteiger partial charge < -0.3 is 10.5 Å². The van der Waals surface area contributed by atoms with E-state index in [0.717, 1.165) is 0 Å². The van der Waals surface area contributed by atoms with Gasteiger partial charge in [-0.15, -0.1) is 0 Å². The summed E-state index contributed by atoms with van der Waals surface area (Å²) >= 11 is 0. The fourth-order valence-corrected chi connectivity index (χ4v) is 1.36. The van der Waals surface area contributed by atoms with Crippen LogP contribution in [0, 0.1) is 0 Å². The highest BCUT2D eigenvalue weighted by Crippen LogP contribution is 2.31. The molecule has 0 radical (unpaired) electrons. The first-order chi connectivity index (χ1) is 4.33. The SMILES string of the molecule is CC1(C)C[C@](C)(N)C(=O)O1. The Balaban J connectivity index is 2.81. The molecule has 58 valence electrons. The third kappa shape index (κ3) is 1.14. The van der Waals surface area contributed by atoms with Crippen LogP contribution < -0.4 is 5.73 Å². The first-order valence-electron chi connectivity index (χ1n) is 3.36. The van der Waals surface area contributed by atoms with Crippen LogP contribution in [0.4, 0.5) is 0 Å². The van der Waals surface area contributed by atoms with Crippen molar-refractivity contribution < 1.29 is 9.53 Å². The summed E-state index contributed by atoms with van der Waals surface area (Å²) in [5.74, 6) is -0.294. The smallest absolute Gasteiger partial charge is 0.326 e. The predicted octanol–water partition coefficient (Wildman–Crippen LogP) is 0.429. The lowest BCUT2D eigenvalue weighted by atomic mass is 9.93. The summed E-state index contributed by atoms with van der Waals surface area (Å²) in [6.45, 7) is 5.43. The minimum absolute atomic E-state index is 0.294. The average molecular weight is 143 g/mol. The summed E-state index contributed by atoms with van der Waals surface area (Å²) in [4.78, 5) is 11.0. The van der Waals surface area contributed by atoms with Crippen LogP contribution in [0.3, 0.4) is 0 Å². The Morgan fingerprint density at radius 3 is 2.10 bits per heavy atom. The standard InChI is InChI=1S/C7H13NO2/c1-6(2)4-7(3,8)5(9)10-6/h4,8H2,1-3H3/t7-/m0/s1. The van der Waals surface area contributed by atoms with Crippen molar-refractivity contribution in [1.82, 2.24) is 0 Å². The molecule has 0 spiro atoms. The maximum Gasteiger partial charge on any atom is 0.326 e. The number of esters is 1. The number of carbonyl (C=O) groups is 1. The van der Waals surface area contributed by atoms with Crippen LogP contribution >= 0.6 is 0 Å². The highest BCUT2D eigenvalue weighted by molar-refractivity contribution is 5.82. The molecular weight excluding hydrogens is 130 g/mol. The van der Waals surface area contributed by atoms with E-state index in [1.165, 1.54) is 0 Å². The van der Waals surface area contributed by atoms with Gasteiger partial charge in [0, 0.05) is 6.42 Å². The Bertz CT molecular complexity index is 172. The third-order valence-electron chi connectivity index (χ3n) is 1.63. The van der Waals surface area contributed by atoms with Crippen molar-refractivity contribution in [2.24, 2.45) is 5.73 Å². The zero-order chi connectivity index (χ0) is 7.99. The number of carbonyl (C=O) groups excluding carboxylic acids is 1. The molecule has 0 aliphatic carbocycles. The molecule has 0 unspecified atom stereocenters. The van der Waals surface area contributed by atoms with Crippen molar-refractivity contribution in [2.75, 3.05) is 0 Å². The molecule has 1 aliphatic heterocycles. The van der Waals surface area contributed by atoms with E-state index in [1.54, 1.807) is 6.92 Å². The minimum Gasteiger partial charge on any atom is -0.458 e. The van der Waals surface area contributed by atoms with E-state index in [4.69, 9.17) is 10.5 Å². The van der Waals surface area contributed by atoms with E-state index in [0.29, 0.717) is 6.42 Å². The van der Waals surface area contributed by atoms with E-state index >= 15 is 0 Å². The van der Waals surface area contributed by atoms with Crippen molar-refractivity contribution in [3.63, 3.8) is 0 Å². The summed E-state index contributed by atoms with van der Waals surface area (Å²) < 4.78 is 5.00. The Kier molecular flexibility index (Phi) is 1.30. The highest BCUT2D eigenvalue weighted by atomic mass is 16.6. The fourth-order valence-electron chi connectivity index (χ4n) is 1.36. The minimum atomic E-state index is -0.774. The van der Waals surface area contributed by atoms with Crippen LogP contribution in [0.5, 0.6) is 0 Å². The van der Waals surface area contributed by atoms with E-state index in [1.807, 2.05) is 13.8 Å². The molecule has 2 N–H and O–H groups in total. The van der Waals surface area contributed by atoms with Crippen LogP contribution in [0.1, 0.15) is 27.2 Å². The summed E-state index contributed by atoms with van der Waals surface area (Å²) in [6.07, 6.45) is 0.596. The molecule has 0 aromatic rings. The Morgan fingerprint density at radius 1 is 1.50 bits per heavy atom. The molecule has 3 nitrogen and oxygen atoms in total. The Morgan fingerprint density at radius 2 is 2.00 bits per heavy atom. The molecule has 1 fully saturated rings. The van der Waals surface area contributed by atoms with Gasteiger partial charge in [0.25, 0.3) is 0 Å². The lowest BCUT2D eigenvalue weighted by Crippen LogP contribution is -2.41. The monoisotopic (exact) mass is 143 g/mol. The molecule has 0 aromatic carbocycles. The van der Waals surface area contributed by atoms with Gasteiger partial charge in [0.1, 0.15) is 11.1 Å². The molecular formula is C7H13NO2. The number of hydrogen-bond acceptors (Lipinski definition) is 3. The van der Waals surface area contributed by atoms with Gasteiger partial charge in [0.2, 0.25) is 0 Å². The van der Waals surface area contributed by atoms with Crippen molar-refractivity contribution >= 4 is 5.97 Å². The molecule has 0 bridgehead atoms. The van der Waals surface area contributed by atoms with Crippen LogP contribution in [-0.4, -0.2) is 17.1 Å². The fraction of sp³-hybridized carbons (Fsp3) is 0.857. The van der Waals surface area contributed by atoms with Gasteiger partial charge in [-0.1, -0.05) is 0 Å². The second-order valence-electron chi connectivity index (χ2n) is 3.74. The molecule has 10 heavy (non-hydrogen) atoms. The molecule has 1 heterocycles.